The first-order valence-electron chi connectivity index (χ1n) is 14.7. The molecule has 0 aliphatic carbocycles. The Morgan fingerprint density at radius 3 is 2.75 bits per heavy atom. The molecule has 44 heavy (non-hydrogen) atoms. The maximum Gasteiger partial charge on any atom is 0.355 e. The second-order valence-electron chi connectivity index (χ2n) is 11.3. The molecule has 1 fully saturated rings. The molecular formula is C32H33F2N7O2S. The molecule has 228 valence electrons. The Morgan fingerprint density at radius 1 is 1.18 bits per heavy atom. The number of amides is 1. The molecule has 0 unspecified atom stereocenters. The highest BCUT2D eigenvalue weighted by Gasteiger charge is 2.31. The molecule has 2 aliphatic rings. The van der Waals surface area contributed by atoms with Crippen molar-refractivity contribution >= 4 is 40.2 Å². The minimum Gasteiger partial charge on any atom is -0.384 e. The van der Waals surface area contributed by atoms with Gasteiger partial charge in [-0.3, -0.25) is 9.78 Å². The molecular weight excluding hydrogens is 584 g/mol. The molecule has 6 rings (SSSR count). The van der Waals surface area contributed by atoms with Crippen LogP contribution in [0.25, 0.3) is 28.0 Å². The Labute approximate surface area is 258 Å². The predicted octanol–water partition coefficient (Wildman–Crippen LogP) is 5.38. The van der Waals surface area contributed by atoms with Crippen LogP contribution in [-0.2, 0) is 4.79 Å². The van der Waals surface area contributed by atoms with Crippen molar-refractivity contribution in [3.8, 4) is 16.9 Å². The molecule has 12 heteroatoms. The number of thioether (sulfide) groups is 1. The number of hydrogen-bond donors (Lipinski definition) is 1. The van der Waals surface area contributed by atoms with Crippen molar-refractivity contribution in [3.05, 3.63) is 77.0 Å². The van der Waals surface area contributed by atoms with E-state index in [4.69, 9.17) is 4.98 Å². The van der Waals surface area contributed by atoms with E-state index in [1.807, 2.05) is 31.7 Å². The summed E-state index contributed by atoms with van der Waals surface area (Å²) < 4.78 is 33.1. The van der Waals surface area contributed by atoms with Crippen LogP contribution in [0.1, 0.15) is 38.8 Å². The Balaban J connectivity index is 1.68. The monoisotopic (exact) mass is 617 g/mol. The molecule has 1 aromatic carbocycles. The average molecular weight is 618 g/mol. The number of fused-ring (bicyclic) bond motifs is 5. The molecule has 2 aliphatic heterocycles. The first-order chi connectivity index (χ1) is 21.2. The van der Waals surface area contributed by atoms with Crippen molar-refractivity contribution in [2.75, 3.05) is 42.1 Å². The fourth-order valence-corrected chi connectivity index (χ4v) is 6.91. The fraction of sp³-hybridized carbons (Fsp3) is 0.344. The molecule has 4 aromatic rings. The summed E-state index contributed by atoms with van der Waals surface area (Å²) >= 11 is 1.58. The van der Waals surface area contributed by atoms with Crippen LogP contribution in [0, 0.1) is 11.6 Å². The van der Waals surface area contributed by atoms with E-state index < -0.39 is 17.3 Å². The maximum atomic E-state index is 16.2. The number of nitrogens with zero attached hydrogens (tertiary/aromatic N) is 6. The van der Waals surface area contributed by atoms with Crippen molar-refractivity contribution in [1.29, 1.82) is 0 Å². The number of carbonyl (C=O) groups excluding carboxylic acids is 1. The normalized spacial score (nSPS) is 16.9. The highest BCUT2D eigenvalue weighted by molar-refractivity contribution is 7.99. The van der Waals surface area contributed by atoms with Crippen LogP contribution >= 0.6 is 11.8 Å². The summed E-state index contributed by atoms with van der Waals surface area (Å²) in [5.74, 6) is -0.644. The third-order valence-electron chi connectivity index (χ3n) is 8.02. The molecule has 0 radical (unpaired) electrons. The van der Waals surface area contributed by atoms with Crippen molar-refractivity contribution in [3.63, 3.8) is 0 Å². The number of rotatable bonds is 3. The van der Waals surface area contributed by atoms with E-state index in [0.29, 0.717) is 54.4 Å². The number of nitrogens with one attached hydrogen (secondary N) is 1. The van der Waals surface area contributed by atoms with E-state index in [1.165, 1.54) is 22.8 Å². The molecule has 1 amide bonds. The van der Waals surface area contributed by atoms with Gasteiger partial charge in [0, 0.05) is 49.0 Å². The van der Waals surface area contributed by atoms with E-state index >= 15 is 8.78 Å². The summed E-state index contributed by atoms with van der Waals surface area (Å²) in [6.07, 6.45) is 3.73. The first kappa shape index (κ1) is 29.7. The molecule has 1 N–H and O–H groups in total. The van der Waals surface area contributed by atoms with Gasteiger partial charge in [-0.2, -0.15) is 4.98 Å². The van der Waals surface area contributed by atoms with E-state index in [2.05, 4.69) is 21.9 Å². The van der Waals surface area contributed by atoms with Gasteiger partial charge in [-0.05, 0) is 55.4 Å². The van der Waals surface area contributed by atoms with Crippen LogP contribution in [0.15, 0.2) is 58.9 Å². The summed E-state index contributed by atoms with van der Waals surface area (Å²) in [4.78, 5) is 44.8. The van der Waals surface area contributed by atoms with Gasteiger partial charge in [-0.15, -0.1) is 11.8 Å². The number of aromatic nitrogens is 4. The second-order valence-corrected chi connectivity index (χ2v) is 12.4. The second kappa shape index (κ2) is 12.0. The van der Waals surface area contributed by atoms with E-state index in [-0.39, 0.29) is 40.6 Å². The van der Waals surface area contributed by atoms with Gasteiger partial charge in [0.25, 0.3) is 0 Å². The number of anilines is 2. The summed E-state index contributed by atoms with van der Waals surface area (Å²) in [6.45, 7) is 11.1. The summed E-state index contributed by atoms with van der Waals surface area (Å²) in [7, 11) is 0. The quantitative estimate of drug-likeness (QED) is 0.307. The highest BCUT2D eigenvalue weighted by Crippen LogP contribution is 2.38. The zero-order valence-corrected chi connectivity index (χ0v) is 25.6. The topological polar surface area (TPSA) is 96.3 Å². The maximum absolute atomic E-state index is 16.2. The van der Waals surface area contributed by atoms with Gasteiger partial charge in [0.2, 0.25) is 5.91 Å². The number of hydrogen-bond acceptors (Lipinski definition) is 8. The number of pyridine rings is 2. The lowest BCUT2D eigenvalue weighted by molar-refractivity contribution is -0.126. The smallest absolute Gasteiger partial charge is 0.355 e. The Hall–Kier alpha value is -4.32. The number of piperazine rings is 1. The predicted molar refractivity (Wildman–Crippen MR) is 170 cm³/mol. The van der Waals surface area contributed by atoms with Crippen LogP contribution in [0.4, 0.5) is 20.3 Å². The Morgan fingerprint density at radius 2 is 2.00 bits per heavy atom. The van der Waals surface area contributed by atoms with Crippen molar-refractivity contribution in [1.82, 2.24) is 24.4 Å². The van der Waals surface area contributed by atoms with E-state index in [0.717, 1.165) is 11.3 Å². The highest BCUT2D eigenvalue weighted by atomic mass is 32.2. The summed E-state index contributed by atoms with van der Waals surface area (Å²) in [5, 5.41) is 3.56. The Kier molecular flexibility index (Phi) is 8.10. The number of carbonyl (C=O) groups is 1. The average Bonchev–Trinajstić information content (AvgIpc) is 3.01. The van der Waals surface area contributed by atoms with Crippen LogP contribution in [0.3, 0.4) is 0 Å². The number of benzene rings is 1. The Bertz CT molecular complexity index is 1840. The van der Waals surface area contributed by atoms with Crippen molar-refractivity contribution < 1.29 is 13.6 Å². The van der Waals surface area contributed by atoms with Gasteiger partial charge in [-0.1, -0.05) is 26.5 Å². The molecule has 2 bridgehead atoms. The van der Waals surface area contributed by atoms with Crippen LogP contribution in [-0.4, -0.2) is 68.3 Å². The van der Waals surface area contributed by atoms with Crippen LogP contribution in [0.2, 0.25) is 0 Å². The van der Waals surface area contributed by atoms with E-state index in [1.54, 1.807) is 35.0 Å². The third-order valence-corrected chi connectivity index (χ3v) is 9.15. The van der Waals surface area contributed by atoms with Gasteiger partial charge >= 0.3 is 5.69 Å². The van der Waals surface area contributed by atoms with Gasteiger partial charge in [0.05, 0.1) is 22.3 Å². The lowest BCUT2D eigenvalue weighted by Gasteiger charge is -2.40. The van der Waals surface area contributed by atoms with E-state index in [9.17, 15) is 9.59 Å². The lowest BCUT2D eigenvalue weighted by Crippen LogP contribution is -2.54. The summed E-state index contributed by atoms with van der Waals surface area (Å²) in [6, 6.07) is 7.45. The van der Waals surface area contributed by atoms with Gasteiger partial charge in [0.15, 0.2) is 11.5 Å². The van der Waals surface area contributed by atoms with Crippen LogP contribution < -0.4 is 15.9 Å². The molecule has 1 saturated heterocycles. The molecule has 0 spiro atoms. The van der Waals surface area contributed by atoms with Gasteiger partial charge in [0.1, 0.15) is 17.3 Å². The fourth-order valence-electron chi connectivity index (χ4n) is 5.91. The molecule has 1 atom stereocenters. The zero-order valence-electron chi connectivity index (χ0n) is 24.8. The van der Waals surface area contributed by atoms with Gasteiger partial charge < -0.3 is 15.1 Å². The minimum absolute atomic E-state index is 0.00317. The van der Waals surface area contributed by atoms with Crippen molar-refractivity contribution in [2.45, 2.75) is 44.0 Å². The third kappa shape index (κ3) is 5.21. The lowest BCUT2D eigenvalue weighted by atomic mass is 10.1. The SMILES string of the molecule is C=CC(=O)N1CCN(c2nc(=O)n3c4nc(c(F)cc24)-c2c(F)cccc2NCCCSc2ccnc(C(C)C)c2-3)[C@H](C)C1. The first-order valence-corrected chi connectivity index (χ1v) is 15.6. The largest absolute Gasteiger partial charge is 0.384 e. The minimum atomic E-state index is -0.744. The standard InChI is InChI=1S/C32H33F2N7O2S/c1-5-25(42)39-13-14-40(19(4)17-39)30-20-16-22(34)28-26-21(33)8-6-9-23(26)35-11-7-15-44-24-10-12-36-27(18(2)3)29(24)41(31(20)37-28)32(43)38-30/h5-6,8-10,12,16,18-19,35H,1,7,11,13-15,17H2,2-4H3/t19-/m1/s1. The molecule has 3 aromatic heterocycles. The molecule has 9 nitrogen and oxygen atoms in total. The zero-order chi connectivity index (χ0) is 31.1. The molecule has 0 saturated carbocycles. The summed E-state index contributed by atoms with van der Waals surface area (Å²) in [5.41, 5.74) is 0.970. The van der Waals surface area contributed by atoms with Crippen LogP contribution in [0.5, 0.6) is 0 Å². The number of halogens is 2. The molecule has 5 heterocycles. The van der Waals surface area contributed by atoms with Gasteiger partial charge in [-0.25, -0.2) is 23.1 Å². The van der Waals surface area contributed by atoms with Crippen molar-refractivity contribution in [2.24, 2.45) is 0 Å².